The molecule has 1 aliphatic carbocycles. The number of hydrogen-bond donors (Lipinski definition) is 5. The maximum Gasteiger partial charge on any atom is 0.384 e. The summed E-state index contributed by atoms with van der Waals surface area (Å²) in [6, 6.07) is 0.510. The molecule has 4 heterocycles. The Morgan fingerprint density at radius 2 is 2.10 bits per heavy atom. The van der Waals surface area contributed by atoms with Gasteiger partial charge in [-0.3, -0.25) is 15.4 Å². The number of aromatic nitrogens is 3. The number of nitrogens with two attached hydrogens (primary N) is 3. The lowest BCUT2D eigenvalue weighted by atomic mass is 9.80. The zero-order valence-electron chi connectivity index (χ0n) is 21.2. The summed E-state index contributed by atoms with van der Waals surface area (Å²) in [6.45, 7) is -0.147. The summed E-state index contributed by atoms with van der Waals surface area (Å²) in [4.78, 5) is 65.1. The third-order valence-corrected chi connectivity index (χ3v) is 10.6. The second-order valence-corrected chi connectivity index (χ2v) is 12.7. The van der Waals surface area contributed by atoms with Gasteiger partial charge >= 0.3 is 11.1 Å². The monoisotopic (exact) mass is 623 g/mol. The highest BCUT2D eigenvalue weighted by atomic mass is 32.2. The minimum atomic E-state index is -1.54. The van der Waals surface area contributed by atoms with Crippen LogP contribution in [0.15, 0.2) is 28.0 Å². The van der Waals surface area contributed by atoms with E-state index >= 15 is 0 Å². The molecule has 41 heavy (non-hydrogen) atoms. The number of oxime groups is 1. The molecule has 2 aromatic heterocycles. The van der Waals surface area contributed by atoms with Gasteiger partial charge in [0, 0.05) is 47.8 Å². The highest BCUT2D eigenvalue weighted by Gasteiger charge is 2.56. The van der Waals surface area contributed by atoms with E-state index in [4.69, 9.17) is 22.1 Å². The number of carboxylic acids is 2. The van der Waals surface area contributed by atoms with Gasteiger partial charge in [-0.2, -0.15) is 0 Å². The Balaban J connectivity index is 1.28. The average molecular weight is 624 g/mol. The third-order valence-electron chi connectivity index (χ3n) is 7.04. The van der Waals surface area contributed by atoms with Crippen molar-refractivity contribution < 1.29 is 38.9 Å². The summed E-state index contributed by atoms with van der Waals surface area (Å²) in [5, 5.41) is 29.6. The molecule has 3 atom stereocenters. The van der Waals surface area contributed by atoms with Crippen LogP contribution in [-0.4, -0.2) is 84.5 Å². The molecule has 0 aromatic carbocycles. The second-order valence-electron chi connectivity index (χ2n) is 9.77. The number of carbonyl (C=O) groups excluding carboxylic acids is 3. The van der Waals surface area contributed by atoms with Crippen LogP contribution in [0.5, 0.6) is 0 Å². The molecule has 0 spiro atoms. The van der Waals surface area contributed by atoms with Gasteiger partial charge in [0.05, 0.1) is 5.97 Å². The molecule has 2 amide bonds. The van der Waals surface area contributed by atoms with Crippen LogP contribution >= 0.6 is 34.9 Å². The molecule has 3 aliphatic rings. The number of thioether (sulfide) groups is 2. The molecule has 2 aliphatic heterocycles. The minimum Gasteiger partial charge on any atom is -0.549 e. The van der Waals surface area contributed by atoms with Crippen molar-refractivity contribution in [2.24, 2.45) is 10.6 Å². The van der Waals surface area contributed by atoms with Crippen LogP contribution in [0.4, 0.5) is 10.9 Å². The number of hydrogen-bond acceptors (Lipinski definition) is 15. The van der Waals surface area contributed by atoms with E-state index in [-0.39, 0.29) is 53.2 Å². The van der Waals surface area contributed by atoms with Gasteiger partial charge in [0.15, 0.2) is 10.8 Å². The summed E-state index contributed by atoms with van der Waals surface area (Å²) in [6.07, 6.45) is 2.58. The van der Waals surface area contributed by atoms with Gasteiger partial charge in [-0.15, -0.1) is 27.8 Å². The van der Waals surface area contributed by atoms with Crippen molar-refractivity contribution in [3.05, 3.63) is 23.3 Å². The molecule has 1 saturated carbocycles. The van der Waals surface area contributed by atoms with Gasteiger partial charge in [0.25, 0.3) is 5.91 Å². The molecule has 5 rings (SSSR count). The summed E-state index contributed by atoms with van der Waals surface area (Å²) < 4.78 is 1.21. The number of carboxylic acid groups (broad SMARTS) is 2. The topological polar surface area (TPSA) is 256 Å². The molecule has 2 saturated heterocycles. The second kappa shape index (κ2) is 10.9. The molecule has 8 N–H and O–H groups in total. The number of nitrogens with one attached hydrogen (secondary N) is 1. The van der Waals surface area contributed by atoms with Crippen LogP contribution in [0.3, 0.4) is 0 Å². The lowest BCUT2D eigenvalue weighted by Crippen LogP contribution is -2.75. The number of nitrogens with zero attached hydrogens (tertiary/aromatic N) is 5. The zero-order chi connectivity index (χ0) is 29.5. The fraction of sp³-hybridized carbons (Fsp3) is 0.455. The first kappa shape index (κ1) is 28.7. The Morgan fingerprint density at radius 3 is 2.71 bits per heavy atom. The fourth-order valence-corrected chi connectivity index (χ4v) is 7.73. The number of aliphatic carboxylic acids is 2. The Kier molecular flexibility index (Phi) is 7.60. The van der Waals surface area contributed by atoms with Crippen molar-refractivity contribution in [2.45, 2.75) is 41.4 Å². The van der Waals surface area contributed by atoms with Crippen molar-refractivity contribution in [1.29, 1.82) is 0 Å². The molecule has 2 aromatic rings. The maximum absolute atomic E-state index is 13.3. The van der Waals surface area contributed by atoms with Gasteiger partial charge in [0.1, 0.15) is 23.3 Å². The van der Waals surface area contributed by atoms with E-state index in [1.165, 1.54) is 39.0 Å². The maximum atomic E-state index is 13.3. The number of rotatable bonds is 10. The molecule has 0 bridgehead atoms. The van der Waals surface area contributed by atoms with Crippen molar-refractivity contribution >= 4 is 75.3 Å². The average Bonchev–Trinajstić information content (AvgIpc) is 3.34. The van der Waals surface area contributed by atoms with E-state index in [0.717, 1.165) is 23.1 Å². The highest BCUT2D eigenvalue weighted by Crippen LogP contribution is 2.44. The predicted molar refractivity (Wildman–Crippen MR) is 145 cm³/mol. The summed E-state index contributed by atoms with van der Waals surface area (Å²) in [7, 11) is 0. The third kappa shape index (κ3) is 5.31. The first-order valence-corrected chi connectivity index (χ1v) is 15.1. The number of β-lactam (4-membered cyclic amide) rings is 1. The fourth-order valence-electron chi connectivity index (χ4n) is 4.42. The van der Waals surface area contributed by atoms with Crippen molar-refractivity contribution in [2.75, 3.05) is 35.4 Å². The Bertz CT molecular complexity index is 1450. The van der Waals surface area contributed by atoms with Gasteiger partial charge in [-0.1, -0.05) is 5.16 Å². The van der Waals surface area contributed by atoms with Crippen LogP contribution in [0.25, 0.3) is 0 Å². The molecule has 0 radical (unpaired) electrons. The van der Waals surface area contributed by atoms with Crippen LogP contribution in [0.1, 0.15) is 25.0 Å². The van der Waals surface area contributed by atoms with Crippen molar-refractivity contribution in [3.8, 4) is 0 Å². The Labute approximate surface area is 244 Å². The number of carbonyl (C=O) groups is 4. The first-order chi connectivity index (χ1) is 19.4. The summed E-state index contributed by atoms with van der Waals surface area (Å²) >= 11 is 3.30. The SMILES string of the molecule is Nc1cc[n+](N)c(SCC2(C(=O)[O-])CS[C@@H]3C(NC(=O)C(=NOC4(C(=O)O)CCC4)c4csc(N)n4)C(=O)N3C2)n1. The van der Waals surface area contributed by atoms with E-state index in [2.05, 4.69) is 20.4 Å². The van der Waals surface area contributed by atoms with Gasteiger partial charge in [-0.25, -0.2) is 9.78 Å². The predicted octanol–water partition coefficient (Wildman–Crippen LogP) is -2.64. The van der Waals surface area contributed by atoms with E-state index < -0.39 is 46.2 Å². The normalized spacial score (nSPS) is 24.9. The summed E-state index contributed by atoms with van der Waals surface area (Å²) in [5.41, 5.74) is 8.20. The lowest BCUT2D eigenvalue weighted by Gasteiger charge is -2.55. The van der Waals surface area contributed by atoms with Crippen molar-refractivity contribution in [1.82, 2.24) is 20.2 Å². The van der Waals surface area contributed by atoms with Gasteiger partial charge < -0.3 is 41.5 Å². The number of anilines is 2. The molecular formula is C22H25N9O7S3. The van der Waals surface area contributed by atoms with Crippen LogP contribution < -0.4 is 32.4 Å². The standard InChI is InChI=1S/C22H25N9O7S3/c23-11-2-5-31(25)20(27-11)41-9-21(17(34)35)7-30-15(33)13(16(30)40-8-21)28-14(32)12(10-6-39-19(24)26-10)29-38-22(18(36)37)3-1-4-22/h2,5-6,13,16,23H,1,3-4,7-9,25H2,(H5,24,26,28,32,34,35,36,37)/t13?,16-,21?/m1/s1. The van der Waals surface area contributed by atoms with Gasteiger partial charge in [-0.05, 0) is 23.2 Å². The smallest absolute Gasteiger partial charge is 0.384 e. The Hall–Kier alpha value is -3.84. The molecule has 19 heteroatoms. The molecule has 2 unspecified atom stereocenters. The quantitative estimate of drug-likeness (QED) is 0.0345. The highest BCUT2D eigenvalue weighted by molar-refractivity contribution is 8.00. The number of thiazole rings is 1. The van der Waals surface area contributed by atoms with E-state index in [1.54, 1.807) is 0 Å². The molecule has 218 valence electrons. The number of amides is 2. The zero-order valence-corrected chi connectivity index (χ0v) is 23.7. The lowest BCUT2D eigenvalue weighted by molar-refractivity contribution is -0.682. The van der Waals surface area contributed by atoms with Crippen molar-refractivity contribution in [3.63, 3.8) is 0 Å². The Morgan fingerprint density at radius 1 is 1.34 bits per heavy atom. The molecule has 3 fully saturated rings. The largest absolute Gasteiger partial charge is 0.549 e. The molecule has 16 nitrogen and oxygen atoms in total. The van der Waals surface area contributed by atoms with Gasteiger partial charge in [0.2, 0.25) is 17.3 Å². The van der Waals surface area contributed by atoms with E-state index in [1.807, 2.05) is 0 Å². The van der Waals surface area contributed by atoms with Crippen LogP contribution in [0, 0.1) is 5.41 Å². The molecular weight excluding hydrogens is 598 g/mol. The minimum absolute atomic E-state index is 0.00817. The number of fused-ring (bicyclic) bond motifs is 1. The van der Waals surface area contributed by atoms with Crippen LogP contribution in [-0.2, 0) is 24.0 Å². The number of nitrogen functional groups attached to an aromatic ring is 3. The van der Waals surface area contributed by atoms with Crippen LogP contribution in [0.2, 0.25) is 0 Å². The van der Waals surface area contributed by atoms with E-state index in [0.29, 0.717) is 11.6 Å². The summed E-state index contributed by atoms with van der Waals surface area (Å²) in [5.74, 6) is 2.32. The van der Waals surface area contributed by atoms with E-state index in [9.17, 15) is 29.4 Å². The first-order valence-electron chi connectivity index (χ1n) is 12.2.